The molecule has 6 nitrogen and oxygen atoms in total. The molecule has 1 heterocycles. The maximum atomic E-state index is 13.1. The van der Waals surface area contributed by atoms with Crippen LogP contribution in [0.25, 0.3) is 6.08 Å². The number of nitrogens with zero attached hydrogens (tertiary/aromatic N) is 3. The first-order valence-corrected chi connectivity index (χ1v) is 12.6. The van der Waals surface area contributed by atoms with Crippen LogP contribution in [0.5, 0.6) is 11.5 Å². The molecule has 3 aromatic rings. The number of piperazine rings is 1. The molecule has 1 aliphatic heterocycles. The van der Waals surface area contributed by atoms with Gasteiger partial charge in [-0.3, -0.25) is 4.79 Å². The van der Waals surface area contributed by atoms with E-state index in [0.29, 0.717) is 54.9 Å². The topological polar surface area (TPSA) is 65.8 Å². The number of halogens is 2. The van der Waals surface area contributed by atoms with Gasteiger partial charge in [0.05, 0.1) is 12.1 Å². The van der Waals surface area contributed by atoms with E-state index in [-0.39, 0.29) is 11.5 Å². The van der Waals surface area contributed by atoms with Crippen LogP contribution in [-0.2, 0) is 11.4 Å². The van der Waals surface area contributed by atoms with Gasteiger partial charge in [-0.2, -0.15) is 5.26 Å². The summed E-state index contributed by atoms with van der Waals surface area (Å²) in [5.74, 6) is 0.532. The van der Waals surface area contributed by atoms with E-state index < -0.39 is 0 Å². The minimum Gasteiger partial charge on any atom is -0.493 e. The Hall–Kier alpha value is -3.47. The molecule has 0 unspecified atom stereocenters. The van der Waals surface area contributed by atoms with Crippen molar-refractivity contribution < 1.29 is 14.3 Å². The summed E-state index contributed by atoms with van der Waals surface area (Å²) < 4.78 is 12.4. The second kappa shape index (κ2) is 12.0. The van der Waals surface area contributed by atoms with Gasteiger partial charge in [0.15, 0.2) is 11.5 Å². The molecule has 0 radical (unpaired) electrons. The van der Waals surface area contributed by atoms with Crippen molar-refractivity contribution in [1.29, 1.82) is 5.26 Å². The van der Waals surface area contributed by atoms with Crippen LogP contribution in [0.3, 0.4) is 0 Å². The van der Waals surface area contributed by atoms with E-state index in [4.69, 9.17) is 21.1 Å². The van der Waals surface area contributed by atoms with Gasteiger partial charge in [0, 0.05) is 36.3 Å². The van der Waals surface area contributed by atoms with Crippen molar-refractivity contribution in [1.82, 2.24) is 4.90 Å². The lowest BCUT2D eigenvalue weighted by atomic mass is 10.1. The Morgan fingerprint density at radius 1 is 1.08 bits per heavy atom. The molecular weight excluding hydrogens is 542 g/mol. The highest BCUT2D eigenvalue weighted by molar-refractivity contribution is 9.10. The van der Waals surface area contributed by atoms with Crippen molar-refractivity contribution in [3.63, 3.8) is 0 Å². The van der Waals surface area contributed by atoms with Crippen molar-refractivity contribution in [2.24, 2.45) is 0 Å². The number of carbonyl (C=O) groups excluding carboxylic acids is 1. The van der Waals surface area contributed by atoms with Crippen LogP contribution in [0.2, 0.25) is 5.02 Å². The number of para-hydroxylation sites is 1. The van der Waals surface area contributed by atoms with Crippen LogP contribution in [0.15, 0.2) is 76.8 Å². The van der Waals surface area contributed by atoms with Gasteiger partial charge in [-0.05, 0) is 53.6 Å². The van der Waals surface area contributed by atoms with E-state index in [0.717, 1.165) is 15.7 Å². The van der Waals surface area contributed by atoms with Crippen molar-refractivity contribution in [3.8, 4) is 17.6 Å². The summed E-state index contributed by atoms with van der Waals surface area (Å²) in [6.45, 7) is 2.81. The van der Waals surface area contributed by atoms with Crippen LogP contribution in [0, 0.1) is 11.3 Å². The molecule has 0 aliphatic carbocycles. The molecular formula is C28H25BrClN3O3. The van der Waals surface area contributed by atoms with Gasteiger partial charge < -0.3 is 19.3 Å². The molecule has 1 amide bonds. The highest BCUT2D eigenvalue weighted by Crippen LogP contribution is 2.37. The van der Waals surface area contributed by atoms with E-state index in [2.05, 4.69) is 39.0 Å². The Labute approximate surface area is 224 Å². The number of methoxy groups -OCH3 is 1. The summed E-state index contributed by atoms with van der Waals surface area (Å²) in [4.78, 5) is 17.0. The molecule has 1 aliphatic rings. The normalized spacial score (nSPS) is 13.8. The number of carbonyl (C=O) groups is 1. The predicted molar refractivity (Wildman–Crippen MR) is 145 cm³/mol. The Kier molecular flexibility index (Phi) is 8.52. The smallest absolute Gasteiger partial charge is 0.264 e. The molecule has 0 bridgehead atoms. The van der Waals surface area contributed by atoms with Crippen LogP contribution < -0.4 is 14.4 Å². The van der Waals surface area contributed by atoms with Crippen molar-refractivity contribution in [3.05, 3.63) is 92.9 Å². The lowest BCUT2D eigenvalue weighted by Crippen LogP contribution is -2.49. The van der Waals surface area contributed by atoms with E-state index in [9.17, 15) is 10.1 Å². The lowest BCUT2D eigenvalue weighted by molar-refractivity contribution is -0.126. The number of nitriles is 1. The lowest BCUT2D eigenvalue weighted by Gasteiger charge is -2.36. The van der Waals surface area contributed by atoms with E-state index >= 15 is 0 Å². The SMILES string of the molecule is COc1cc(/C=C(/C#N)C(=O)N2CCN(c3ccccc3)CC2)cc(Cl)c1OCc1ccc(Br)cc1. The van der Waals surface area contributed by atoms with Crippen LogP contribution >= 0.6 is 27.5 Å². The first-order valence-electron chi connectivity index (χ1n) is 11.4. The van der Waals surface area contributed by atoms with Crippen molar-refractivity contribution in [2.45, 2.75) is 6.61 Å². The number of hydrogen-bond donors (Lipinski definition) is 0. The fourth-order valence-electron chi connectivity index (χ4n) is 3.98. The van der Waals surface area contributed by atoms with Gasteiger partial charge in [0.1, 0.15) is 18.2 Å². The molecule has 0 N–H and O–H groups in total. The first-order chi connectivity index (χ1) is 17.5. The van der Waals surface area contributed by atoms with Gasteiger partial charge in [0.25, 0.3) is 5.91 Å². The summed E-state index contributed by atoms with van der Waals surface area (Å²) in [5, 5.41) is 10.1. The predicted octanol–water partition coefficient (Wildman–Crippen LogP) is 5.95. The van der Waals surface area contributed by atoms with Crippen LogP contribution in [0.1, 0.15) is 11.1 Å². The van der Waals surface area contributed by atoms with Gasteiger partial charge in [0.2, 0.25) is 0 Å². The molecule has 1 fully saturated rings. The standard InChI is InChI=1S/C28H25BrClN3O3/c1-35-26-17-21(16-25(30)27(26)36-19-20-7-9-23(29)10-8-20)15-22(18-31)28(34)33-13-11-32(12-14-33)24-5-3-2-4-6-24/h2-10,15-17H,11-14,19H2,1H3/b22-15-. The molecule has 8 heteroatoms. The molecule has 0 aromatic heterocycles. The molecule has 0 atom stereocenters. The minimum absolute atomic E-state index is 0.0461. The third kappa shape index (κ3) is 6.20. The second-order valence-corrected chi connectivity index (χ2v) is 9.56. The van der Waals surface area contributed by atoms with Gasteiger partial charge in [-0.25, -0.2) is 0 Å². The number of amides is 1. The monoisotopic (exact) mass is 565 g/mol. The zero-order valence-electron chi connectivity index (χ0n) is 19.8. The summed E-state index contributed by atoms with van der Waals surface area (Å²) in [7, 11) is 1.52. The molecule has 0 spiro atoms. The zero-order valence-corrected chi connectivity index (χ0v) is 22.1. The molecule has 4 rings (SSSR count). The number of rotatable bonds is 7. The van der Waals surface area contributed by atoms with Crippen molar-refractivity contribution in [2.75, 3.05) is 38.2 Å². The molecule has 184 valence electrons. The highest BCUT2D eigenvalue weighted by atomic mass is 79.9. The van der Waals surface area contributed by atoms with Gasteiger partial charge in [-0.1, -0.05) is 57.9 Å². The third-order valence-corrected chi connectivity index (χ3v) is 6.71. The van der Waals surface area contributed by atoms with E-state index in [1.54, 1.807) is 23.1 Å². The summed E-state index contributed by atoms with van der Waals surface area (Å²) >= 11 is 9.93. The van der Waals surface area contributed by atoms with Crippen LogP contribution in [0.4, 0.5) is 5.69 Å². The Morgan fingerprint density at radius 2 is 1.78 bits per heavy atom. The Balaban J connectivity index is 1.46. The van der Waals surface area contributed by atoms with Gasteiger partial charge in [-0.15, -0.1) is 0 Å². The summed E-state index contributed by atoms with van der Waals surface area (Å²) in [5.41, 5.74) is 2.74. The number of benzene rings is 3. The Morgan fingerprint density at radius 3 is 2.42 bits per heavy atom. The molecule has 0 saturated carbocycles. The van der Waals surface area contributed by atoms with E-state index in [1.165, 1.54) is 7.11 Å². The quantitative estimate of drug-likeness (QED) is 0.261. The average Bonchev–Trinajstić information content (AvgIpc) is 2.92. The highest BCUT2D eigenvalue weighted by Gasteiger charge is 2.24. The summed E-state index contributed by atoms with van der Waals surface area (Å²) in [6.07, 6.45) is 1.54. The maximum absolute atomic E-state index is 13.1. The zero-order chi connectivity index (χ0) is 25.5. The fraction of sp³-hybridized carbons (Fsp3) is 0.214. The molecule has 3 aromatic carbocycles. The third-order valence-electron chi connectivity index (χ3n) is 5.90. The first kappa shape index (κ1) is 25.6. The fourth-order valence-corrected chi connectivity index (χ4v) is 4.52. The number of anilines is 1. The largest absolute Gasteiger partial charge is 0.493 e. The maximum Gasteiger partial charge on any atom is 0.264 e. The number of hydrogen-bond acceptors (Lipinski definition) is 5. The summed E-state index contributed by atoms with van der Waals surface area (Å²) in [6, 6.07) is 23.3. The number of ether oxygens (including phenoxy) is 2. The molecule has 36 heavy (non-hydrogen) atoms. The minimum atomic E-state index is -0.295. The van der Waals surface area contributed by atoms with Crippen LogP contribution in [-0.4, -0.2) is 44.1 Å². The second-order valence-electron chi connectivity index (χ2n) is 8.23. The van der Waals surface area contributed by atoms with Gasteiger partial charge >= 0.3 is 0 Å². The van der Waals surface area contributed by atoms with E-state index in [1.807, 2.05) is 42.5 Å². The molecule has 1 saturated heterocycles. The Bertz CT molecular complexity index is 1280. The average molecular weight is 567 g/mol. The van der Waals surface area contributed by atoms with Crippen molar-refractivity contribution >= 4 is 45.2 Å².